The highest BCUT2D eigenvalue weighted by Gasteiger charge is 2.01. The second-order valence-electron chi connectivity index (χ2n) is 3.34. The molecule has 0 aliphatic carbocycles. The van der Waals surface area contributed by atoms with Gasteiger partial charge in [0.2, 0.25) is 0 Å². The van der Waals surface area contributed by atoms with Crippen molar-refractivity contribution in [3.8, 4) is 0 Å². The van der Waals surface area contributed by atoms with Crippen molar-refractivity contribution in [2.24, 2.45) is 0 Å². The Morgan fingerprint density at radius 2 is 2.13 bits per heavy atom. The zero-order chi connectivity index (χ0) is 11.4. The van der Waals surface area contributed by atoms with Crippen LogP contribution in [-0.4, -0.2) is 9.78 Å². The van der Waals surface area contributed by atoms with Crippen molar-refractivity contribution < 1.29 is 4.39 Å². The fraction of sp³-hybridized carbons (Fsp3) is 0.250. The molecule has 0 atom stereocenters. The van der Waals surface area contributed by atoms with Gasteiger partial charge >= 0.3 is 0 Å². The first-order valence-corrected chi connectivity index (χ1v) is 4.77. The van der Waals surface area contributed by atoms with E-state index in [0.717, 1.165) is 11.4 Å². The second kappa shape index (κ2) is 4.73. The van der Waals surface area contributed by atoms with Gasteiger partial charge in [-0.15, -0.1) is 0 Å². The third-order valence-electron chi connectivity index (χ3n) is 1.99. The number of allylic oxidation sites excluding steroid dienone is 5. The molecule has 0 N–H and O–H groups in total. The first-order valence-electron chi connectivity index (χ1n) is 4.77. The van der Waals surface area contributed by atoms with Crippen LogP contribution in [0.25, 0.3) is 5.70 Å². The summed E-state index contributed by atoms with van der Waals surface area (Å²) in [5, 5.41) is 4.24. The largest absolute Gasteiger partial charge is 0.238 e. The Kier molecular flexibility index (Phi) is 3.61. The van der Waals surface area contributed by atoms with Crippen LogP contribution in [0.4, 0.5) is 4.39 Å². The van der Waals surface area contributed by atoms with E-state index >= 15 is 0 Å². The van der Waals surface area contributed by atoms with E-state index in [-0.39, 0.29) is 5.83 Å². The molecule has 0 spiro atoms. The minimum Gasteiger partial charge on any atom is -0.238 e. The average Bonchev–Trinajstić information content (AvgIpc) is 2.53. The lowest BCUT2D eigenvalue weighted by Gasteiger charge is -2.02. The van der Waals surface area contributed by atoms with Gasteiger partial charge in [0, 0.05) is 5.69 Å². The Hall–Kier alpha value is -1.64. The number of halogens is 1. The Bertz CT molecular complexity index is 425. The van der Waals surface area contributed by atoms with E-state index < -0.39 is 0 Å². The van der Waals surface area contributed by atoms with Crippen LogP contribution in [0.2, 0.25) is 0 Å². The summed E-state index contributed by atoms with van der Waals surface area (Å²) in [6.07, 6.45) is 4.37. The minimum atomic E-state index is -0.280. The van der Waals surface area contributed by atoms with E-state index in [4.69, 9.17) is 0 Å². The van der Waals surface area contributed by atoms with E-state index in [1.165, 1.54) is 12.2 Å². The number of aryl methyl sites for hydroxylation is 2. The van der Waals surface area contributed by atoms with Crippen molar-refractivity contribution in [2.75, 3.05) is 0 Å². The monoisotopic (exact) mass is 206 g/mol. The van der Waals surface area contributed by atoms with Crippen molar-refractivity contribution in [2.45, 2.75) is 20.8 Å². The van der Waals surface area contributed by atoms with Gasteiger partial charge in [-0.2, -0.15) is 5.10 Å². The molecular weight excluding hydrogens is 191 g/mol. The summed E-state index contributed by atoms with van der Waals surface area (Å²) in [4.78, 5) is 0. The Balaban J connectivity index is 2.87. The number of hydrogen-bond donors (Lipinski definition) is 0. The van der Waals surface area contributed by atoms with Crippen LogP contribution in [-0.2, 0) is 0 Å². The van der Waals surface area contributed by atoms with Crippen LogP contribution in [0.1, 0.15) is 18.3 Å². The van der Waals surface area contributed by atoms with Crippen molar-refractivity contribution in [1.82, 2.24) is 9.78 Å². The average molecular weight is 206 g/mol. The molecule has 15 heavy (non-hydrogen) atoms. The maximum absolute atomic E-state index is 12.8. The van der Waals surface area contributed by atoms with Gasteiger partial charge in [-0.25, -0.2) is 9.07 Å². The molecule has 1 aromatic heterocycles. The molecule has 2 nitrogen and oxygen atoms in total. The maximum Gasteiger partial charge on any atom is 0.119 e. The van der Waals surface area contributed by atoms with Crippen molar-refractivity contribution in [3.05, 3.63) is 48.1 Å². The van der Waals surface area contributed by atoms with E-state index in [2.05, 4.69) is 11.7 Å². The lowest BCUT2D eigenvalue weighted by atomic mass is 10.3. The van der Waals surface area contributed by atoms with Crippen LogP contribution in [0, 0.1) is 13.8 Å². The van der Waals surface area contributed by atoms with Gasteiger partial charge in [0.05, 0.1) is 11.4 Å². The van der Waals surface area contributed by atoms with Gasteiger partial charge in [-0.05, 0) is 39.0 Å². The highest BCUT2D eigenvalue weighted by molar-refractivity contribution is 5.55. The molecule has 0 amide bonds. The number of rotatable bonds is 3. The van der Waals surface area contributed by atoms with Crippen molar-refractivity contribution in [1.29, 1.82) is 0 Å². The summed E-state index contributed by atoms with van der Waals surface area (Å²) in [5.74, 6) is -0.280. The molecule has 1 heterocycles. The highest BCUT2D eigenvalue weighted by Crippen LogP contribution is 2.10. The van der Waals surface area contributed by atoms with Crippen LogP contribution in [0.15, 0.2) is 36.7 Å². The van der Waals surface area contributed by atoms with E-state index in [1.807, 2.05) is 19.9 Å². The number of nitrogens with zero attached hydrogens (tertiary/aromatic N) is 2. The summed E-state index contributed by atoms with van der Waals surface area (Å²) < 4.78 is 14.5. The lowest BCUT2D eigenvalue weighted by molar-refractivity contribution is 0.665. The van der Waals surface area contributed by atoms with Gasteiger partial charge in [0.15, 0.2) is 0 Å². The molecule has 80 valence electrons. The fourth-order valence-electron chi connectivity index (χ4n) is 1.26. The van der Waals surface area contributed by atoms with Gasteiger partial charge in [-0.1, -0.05) is 12.7 Å². The maximum atomic E-state index is 12.8. The van der Waals surface area contributed by atoms with Crippen LogP contribution < -0.4 is 0 Å². The van der Waals surface area contributed by atoms with Crippen LogP contribution in [0.3, 0.4) is 0 Å². The first kappa shape index (κ1) is 11.4. The van der Waals surface area contributed by atoms with Gasteiger partial charge < -0.3 is 0 Å². The normalized spacial score (nSPS) is 12.4. The molecule has 0 radical (unpaired) electrons. The Labute approximate surface area is 89.4 Å². The third-order valence-corrected chi connectivity index (χ3v) is 1.99. The SMILES string of the molecule is C=C(/C=C\C(F)=C/C)n1nc(C)cc1C. The molecule has 0 aliphatic heterocycles. The molecule has 0 saturated carbocycles. The summed E-state index contributed by atoms with van der Waals surface area (Å²) in [5.41, 5.74) is 2.56. The first-order chi connectivity index (χ1) is 7.04. The fourth-order valence-corrected chi connectivity index (χ4v) is 1.26. The molecule has 0 bridgehead atoms. The second-order valence-corrected chi connectivity index (χ2v) is 3.34. The molecule has 3 heteroatoms. The Morgan fingerprint density at radius 3 is 2.60 bits per heavy atom. The standard InChI is InChI=1S/C12H15FN2/c1-5-12(13)7-6-10(3)15-11(4)8-9(2)14-15/h5-8H,3H2,1-2,4H3/b7-6-,12-5+. The smallest absolute Gasteiger partial charge is 0.119 e. The molecule has 0 unspecified atom stereocenters. The predicted molar refractivity (Wildman–Crippen MR) is 61.0 cm³/mol. The topological polar surface area (TPSA) is 17.8 Å². The molecule has 0 aliphatic rings. The zero-order valence-corrected chi connectivity index (χ0v) is 9.29. The van der Waals surface area contributed by atoms with Gasteiger partial charge in [0.25, 0.3) is 0 Å². The van der Waals surface area contributed by atoms with Gasteiger partial charge in [0.1, 0.15) is 5.83 Å². The third kappa shape index (κ3) is 2.91. The van der Waals surface area contributed by atoms with E-state index in [1.54, 1.807) is 17.7 Å². The summed E-state index contributed by atoms with van der Waals surface area (Å²) in [6, 6.07) is 1.95. The summed E-state index contributed by atoms with van der Waals surface area (Å²) in [6.45, 7) is 9.32. The molecule has 1 rings (SSSR count). The van der Waals surface area contributed by atoms with Crippen molar-refractivity contribution >= 4 is 5.70 Å². The summed E-state index contributed by atoms with van der Waals surface area (Å²) in [7, 11) is 0. The van der Waals surface area contributed by atoms with Gasteiger partial charge in [-0.3, -0.25) is 0 Å². The molecule has 1 aromatic rings. The molecular formula is C12H15FN2. The van der Waals surface area contributed by atoms with Crippen LogP contribution in [0.5, 0.6) is 0 Å². The number of aromatic nitrogens is 2. The quantitative estimate of drug-likeness (QED) is 0.693. The van der Waals surface area contributed by atoms with Crippen molar-refractivity contribution in [3.63, 3.8) is 0 Å². The van der Waals surface area contributed by atoms with Crippen LogP contribution >= 0.6 is 0 Å². The number of hydrogen-bond acceptors (Lipinski definition) is 1. The molecule has 0 saturated heterocycles. The zero-order valence-electron chi connectivity index (χ0n) is 9.29. The highest BCUT2D eigenvalue weighted by atomic mass is 19.1. The Morgan fingerprint density at radius 1 is 1.47 bits per heavy atom. The predicted octanol–water partition coefficient (Wildman–Crippen LogP) is 3.40. The lowest BCUT2D eigenvalue weighted by Crippen LogP contribution is -1.98. The minimum absolute atomic E-state index is 0.280. The van der Waals surface area contributed by atoms with E-state index in [0.29, 0.717) is 5.70 Å². The molecule has 0 aromatic carbocycles. The molecule has 0 fully saturated rings. The summed E-state index contributed by atoms with van der Waals surface area (Å²) >= 11 is 0. The van der Waals surface area contributed by atoms with E-state index in [9.17, 15) is 4.39 Å².